The van der Waals surface area contributed by atoms with Gasteiger partial charge in [0.25, 0.3) is 0 Å². The van der Waals surface area contributed by atoms with E-state index in [1.54, 1.807) is 18.2 Å². The summed E-state index contributed by atoms with van der Waals surface area (Å²) in [6.45, 7) is 0.315. The molecule has 1 atom stereocenters. The predicted molar refractivity (Wildman–Crippen MR) is 73.1 cm³/mol. The van der Waals surface area contributed by atoms with E-state index in [4.69, 9.17) is 9.63 Å². The molecule has 1 N–H and O–H groups in total. The molecule has 0 aliphatic carbocycles. The summed E-state index contributed by atoms with van der Waals surface area (Å²) in [7, 11) is 0. The van der Waals surface area contributed by atoms with E-state index < -0.39 is 11.9 Å². The normalized spacial score (nSPS) is 18.0. The van der Waals surface area contributed by atoms with Gasteiger partial charge in [-0.25, -0.2) is 4.39 Å². The molecule has 114 valence electrons. The zero-order valence-electron chi connectivity index (χ0n) is 11.5. The lowest BCUT2D eigenvalue weighted by atomic mass is 10.1. The van der Waals surface area contributed by atoms with Crippen LogP contribution in [0.2, 0.25) is 0 Å². The average molecular weight is 304 g/mol. The summed E-state index contributed by atoms with van der Waals surface area (Å²) in [6.07, 6.45) is 0.000222. The van der Waals surface area contributed by atoms with Crippen molar-refractivity contribution >= 4 is 11.9 Å². The van der Waals surface area contributed by atoms with Crippen molar-refractivity contribution in [3.05, 3.63) is 41.9 Å². The Kier molecular flexibility index (Phi) is 3.62. The van der Waals surface area contributed by atoms with Gasteiger partial charge >= 0.3 is 5.97 Å². The first kappa shape index (κ1) is 14.2. The van der Waals surface area contributed by atoms with Crippen molar-refractivity contribution in [1.82, 2.24) is 10.1 Å². The molecule has 1 aromatic heterocycles. The van der Waals surface area contributed by atoms with Gasteiger partial charge in [0.15, 0.2) is 5.76 Å². The van der Waals surface area contributed by atoms with Crippen molar-refractivity contribution < 1.29 is 23.6 Å². The van der Waals surface area contributed by atoms with Crippen molar-refractivity contribution in [1.29, 1.82) is 0 Å². The first-order valence-electron chi connectivity index (χ1n) is 6.75. The van der Waals surface area contributed by atoms with E-state index in [-0.39, 0.29) is 31.2 Å². The van der Waals surface area contributed by atoms with Gasteiger partial charge in [0, 0.05) is 24.6 Å². The number of carbonyl (C=O) groups is 2. The van der Waals surface area contributed by atoms with Gasteiger partial charge in [0.05, 0.1) is 12.5 Å². The molecule has 0 spiro atoms. The van der Waals surface area contributed by atoms with Gasteiger partial charge in [-0.1, -0.05) is 17.3 Å². The summed E-state index contributed by atoms with van der Waals surface area (Å²) < 4.78 is 18.3. The minimum atomic E-state index is -0.978. The number of benzene rings is 1. The Balaban J connectivity index is 1.72. The van der Waals surface area contributed by atoms with Crippen LogP contribution in [0.5, 0.6) is 0 Å². The van der Waals surface area contributed by atoms with E-state index >= 15 is 0 Å². The molecule has 2 heterocycles. The second-order valence-corrected chi connectivity index (χ2v) is 5.20. The van der Waals surface area contributed by atoms with E-state index in [0.717, 1.165) is 0 Å². The van der Waals surface area contributed by atoms with Crippen molar-refractivity contribution in [3.8, 4) is 11.3 Å². The smallest absolute Gasteiger partial charge is 0.308 e. The number of rotatable bonds is 4. The average Bonchev–Trinajstić information content (AvgIpc) is 3.07. The highest BCUT2D eigenvalue weighted by atomic mass is 19.1. The lowest BCUT2D eigenvalue weighted by Gasteiger charge is -2.13. The summed E-state index contributed by atoms with van der Waals surface area (Å²) in [4.78, 5) is 24.1. The van der Waals surface area contributed by atoms with E-state index in [1.165, 1.54) is 17.0 Å². The zero-order chi connectivity index (χ0) is 15.7. The maximum Gasteiger partial charge on any atom is 0.308 e. The summed E-state index contributed by atoms with van der Waals surface area (Å²) >= 11 is 0. The molecule has 0 unspecified atom stereocenters. The van der Waals surface area contributed by atoms with Gasteiger partial charge < -0.3 is 14.5 Å². The van der Waals surface area contributed by atoms with Gasteiger partial charge in [0.1, 0.15) is 11.5 Å². The molecule has 7 heteroatoms. The fourth-order valence-electron chi connectivity index (χ4n) is 2.45. The SMILES string of the molecule is O=C(O)[C@@H]1CC(=O)N(Cc2cc(-c3cccc(F)c3)no2)C1. The molecule has 2 aromatic rings. The largest absolute Gasteiger partial charge is 0.481 e. The number of aliphatic carboxylic acids is 1. The Labute approximate surface area is 125 Å². The third-order valence-corrected chi connectivity index (χ3v) is 3.59. The molecule has 3 rings (SSSR count). The van der Waals surface area contributed by atoms with Gasteiger partial charge in [-0.05, 0) is 12.1 Å². The maximum atomic E-state index is 13.2. The lowest BCUT2D eigenvalue weighted by molar-refractivity contribution is -0.141. The zero-order valence-corrected chi connectivity index (χ0v) is 11.5. The van der Waals surface area contributed by atoms with Crippen LogP contribution >= 0.6 is 0 Å². The maximum absolute atomic E-state index is 13.2. The van der Waals surface area contributed by atoms with Crippen LogP contribution in [0.25, 0.3) is 11.3 Å². The standard InChI is InChI=1S/C15H13FN2O4/c16-11-3-1-2-9(4-11)13-6-12(22-17-13)8-18-7-10(15(20)21)5-14(18)19/h1-4,6,10H,5,7-8H2,(H,20,21)/t10-/m1/s1. The van der Waals surface area contributed by atoms with Gasteiger partial charge in [-0.3, -0.25) is 9.59 Å². The van der Waals surface area contributed by atoms with Crippen LogP contribution in [0.3, 0.4) is 0 Å². The molecule has 1 fully saturated rings. The van der Waals surface area contributed by atoms with Crippen molar-refractivity contribution in [2.45, 2.75) is 13.0 Å². The van der Waals surface area contributed by atoms with Gasteiger partial charge in [0.2, 0.25) is 5.91 Å². The number of hydrogen-bond donors (Lipinski definition) is 1. The van der Waals surface area contributed by atoms with Gasteiger partial charge in [-0.15, -0.1) is 0 Å². The third kappa shape index (κ3) is 2.83. The number of aromatic nitrogens is 1. The third-order valence-electron chi connectivity index (χ3n) is 3.59. The molecule has 1 aliphatic rings. The molecule has 1 aromatic carbocycles. The summed E-state index contributed by atoms with van der Waals surface area (Å²) in [5.74, 6) is -1.83. The van der Waals surface area contributed by atoms with Gasteiger partial charge in [-0.2, -0.15) is 0 Å². The van der Waals surface area contributed by atoms with E-state index in [0.29, 0.717) is 17.0 Å². The molecule has 0 radical (unpaired) electrons. The lowest BCUT2D eigenvalue weighted by Crippen LogP contribution is -2.25. The minimum Gasteiger partial charge on any atom is -0.481 e. The Hall–Kier alpha value is -2.70. The Morgan fingerprint density at radius 1 is 1.45 bits per heavy atom. The molecular formula is C15H13FN2O4. The molecule has 6 nitrogen and oxygen atoms in total. The number of likely N-dealkylation sites (tertiary alicyclic amines) is 1. The molecule has 0 bridgehead atoms. The molecule has 22 heavy (non-hydrogen) atoms. The van der Waals surface area contributed by atoms with Crippen molar-refractivity contribution in [2.75, 3.05) is 6.54 Å². The summed E-state index contributed by atoms with van der Waals surface area (Å²) in [6, 6.07) is 7.56. The molecule has 1 aliphatic heterocycles. The Morgan fingerprint density at radius 2 is 2.27 bits per heavy atom. The van der Waals surface area contributed by atoms with E-state index in [2.05, 4.69) is 5.16 Å². The Bertz CT molecular complexity index is 728. The first-order valence-corrected chi connectivity index (χ1v) is 6.75. The van der Waals surface area contributed by atoms with Crippen LogP contribution in [-0.4, -0.2) is 33.6 Å². The predicted octanol–water partition coefficient (Wildman–Crippen LogP) is 1.91. The quantitative estimate of drug-likeness (QED) is 0.933. The van der Waals surface area contributed by atoms with Crippen LogP contribution in [0, 0.1) is 11.7 Å². The molecule has 0 saturated carbocycles. The number of nitrogens with zero attached hydrogens (tertiary/aromatic N) is 2. The van der Waals surface area contributed by atoms with Crippen LogP contribution in [-0.2, 0) is 16.1 Å². The first-order chi connectivity index (χ1) is 10.5. The summed E-state index contributed by atoms with van der Waals surface area (Å²) in [5, 5.41) is 12.8. The fourth-order valence-corrected chi connectivity index (χ4v) is 2.45. The number of carboxylic acid groups (broad SMARTS) is 1. The highest BCUT2D eigenvalue weighted by molar-refractivity contribution is 5.86. The van der Waals surface area contributed by atoms with Crippen LogP contribution in [0.4, 0.5) is 4.39 Å². The van der Waals surface area contributed by atoms with Crippen LogP contribution in [0.15, 0.2) is 34.9 Å². The second-order valence-electron chi connectivity index (χ2n) is 5.20. The van der Waals surface area contributed by atoms with Crippen LogP contribution < -0.4 is 0 Å². The number of carboxylic acids is 1. The second kappa shape index (κ2) is 5.59. The fraction of sp³-hybridized carbons (Fsp3) is 0.267. The molecule has 1 amide bonds. The highest BCUT2D eigenvalue weighted by Gasteiger charge is 2.34. The number of halogens is 1. The molecular weight excluding hydrogens is 291 g/mol. The monoisotopic (exact) mass is 304 g/mol. The van der Waals surface area contributed by atoms with Crippen molar-refractivity contribution in [3.63, 3.8) is 0 Å². The Morgan fingerprint density at radius 3 is 2.95 bits per heavy atom. The van der Waals surface area contributed by atoms with Crippen molar-refractivity contribution in [2.24, 2.45) is 5.92 Å². The topological polar surface area (TPSA) is 83.6 Å². The van der Waals surface area contributed by atoms with Crippen LogP contribution in [0.1, 0.15) is 12.2 Å². The number of amides is 1. The number of hydrogen-bond acceptors (Lipinski definition) is 4. The molecule has 1 saturated heterocycles. The van der Waals surface area contributed by atoms with E-state index in [9.17, 15) is 14.0 Å². The van der Waals surface area contributed by atoms with E-state index in [1.807, 2.05) is 0 Å². The number of carbonyl (C=O) groups excluding carboxylic acids is 1. The highest BCUT2D eigenvalue weighted by Crippen LogP contribution is 2.23. The summed E-state index contributed by atoms with van der Waals surface area (Å²) in [5.41, 5.74) is 1.04. The minimum absolute atomic E-state index is 0.000222.